The van der Waals surface area contributed by atoms with Crippen LogP contribution in [0.3, 0.4) is 0 Å². The first-order chi connectivity index (χ1) is 8.93. The maximum atomic E-state index is 9.87. The molecule has 3 unspecified atom stereocenters. The summed E-state index contributed by atoms with van der Waals surface area (Å²) in [5.74, 6) is 2.62. The van der Waals surface area contributed by atoms with Crippen molar-refractivity contribution < 1.29 is 14.4 Å². The number of hydrogen-bond donors (Lipinski definition) is 1. The molecule has 0 radical (unpaired) electrons. The van der Waals surface area contributed by atoms with Gasteiger partial charge in [-0.2, -0.15) is 16.7 Å². The molecule has 1 aromatic rings. The number of rotatable bonds is 4. The molecule has 2 heterocycles. The van der Waals surface area contributed by atoms with Crippen LogP contribution in [0.5, 0.6) is 0 Å². The van der Waals surface area contributed by atoms with Crippen molar-refractivity contribution >= 4 is 11.8 Å². The highest BCUT2D eigenvalue weighted by Crippen LogP contribution is 2.37. The lowest BCUT2D eigenvalue weighted by Gasteiger charge is -2.27. The van der Waals surface area contributed by atoms with Crippen molar-refractivity contribution in [3.05, 3.63) is 11.7 Å². The zero-order valence-electron chi connectivity index (χ0n) is 11.9. The van der Waals surface area contributed by atoms with Crippen molar-refractivity contribution in [1.82, 2.24) is 10.1 Å². The molecule has 1 saturated heterocycles. The molecule has 1 fully saturated rings. The second-order valence-electron chi connectivity index (χ2n) is 5.90. The van der Waals surface area contributed by atoms with Crippen LogP contribution < -0.4 is 0 Å². The van der Waals surface area contributed by atoms with Crippen LogP contribution in [0.25, 0.3) is 0 Å². The predicted octanol–water partition coefficient (Wildman–Crippen LogP) is 2.38. The van der Waals surface area contributed by atoms with Crippen LogP contribution in [-0.4, -0.2) is 39.5 Å². The molecule has 19 heavy (non-hydrogen) atoms. The standard InChI is InChI=1S/C13H22N2O3S/c1-5-17-10(13(2,3)4)11-14-12(18-15-11)8-6-19-7-9(8)16/h8-10,16H,5-7H2,1-4H3. The van der Waals surface area contributed by atoms with Crippen molar-refractivity contribution in [3.8, 4) is 0 Å². The molecule has 5 nitrogen and oxygen atoms in total. The Hall–Kier alpha value is -0.590. The summed E-state index contributed by atoms with van der Waals surface area (Å²) in [5, 5.41) is 13.9. The Morgan fingerprint density at radius 2 is 2.21 bits per heavy atom. The van der Waals surface area contributed by atoms with Gasteiger partial charge in [-0.05, 0) is 12.3 Å². The molecule has 6 heteroatoms. The van der Waals surface area contributed by atoms with Gasteiger partial charge in [0, 0.05) is 18.1 Å². The predicted molar refractivity (Wildman–Crippen MR) is 74.2 cm³/mol. The van der Waals surface area contributed by atoms with Gasteiger partial charge in [0.15, 0.2) is 0 Å². The molecule has 1 aliphatic rings. The molecule has 1 N–H and O–H groups in total. The first-order valence-electron chi connectivity index (χ1n) is 6.64. The van der Waals surface area contributed by atoms with Crippen molar-refractivity contribution in [2.45, 2.75) is 45.8 Å². The first kappa shape index (κ1) is 14.8. The minimum atomic E-state index is -0.390. The summed E-state index contributed by atoms with van der Waals surface area (Å²) in [6, 6.07) is 0. The van der Waals surface area contributed by atoms with Crippen molar-refractivity contribution in [3.63, 3.8) is 0 Å². The Bertz CT molecular complexity index is 416. The fraction of sp³-hybridized carbons (Fsp3) is 0.846. The van der Waals surface area contributed by atoms with Gasteiger partial charge in [0.2, 0.25) is 11.7 Å². The maximum absolute atomic E-state index is 9.87. The summed E-state index contributed by atoms with van der Waals surface area (Å²) in [6.07, 6.45) is -0.584. The quantitative estimate of drug-likeness (QED) is 0.916. The second-order valence-corrected chi connectivity index (χ2v) is 6.98. The Kier molecular flexibility index (Phi) is 4.53. The Labute approximate surface area is 118 Å². The van der Waals surface area contributed by atoms with E-state index in [9.17, 15) is 5.11 Å². The third-order valence-corrected chi connectivity index (χ3v) is 4.35. The molecule has 1 aliphatic heterocycles. The summed E-state index contributed by atoms with van der Waals surface area (Å²) >= 11 is 1.71. The lowest BCUT2D eigenvalue weighted by Crippen LogP contribution is -2.23. The van der Waals surface area contributed by atoms with Crippen LogP contribution in [0.15, 0.2) is 4.52 Å². The van der Waals surface area contributed by atoms with Gasteiger partial charge in [-0.25, -0.2) is 0 Å². The molecule has 0 spiro atoms. The Morgan fingerprint density at radius 1 is 1.47 bits per heavy atom. The summed E-state index contributed by atoms with van der Waals surface area (Å²) in [4.78, 5) is 4.45. The first-order valence-corrected chi connectivity index (χ1v) is 7.80. The number of aliphatic hydroxyl groups excluding tert-OH is 1. The zero-order valence-corrected chi connectivity index (χ0v) is 12.7. The molecule has 1 aromatic heterocycles. The van der Waals surface area contributed by atoms with Crippen molar-refractivity contribution in [2.75, 3.05) is 18.1 Å². The van der Waals surface area contributed by atoms with Crippen LogP contribution in [-0.2, 0) is 4.74 Å². The molecule has 0 saturated carbocycles. The van der Waals surface area contributed by atoms with E-state index in [2.05, 4.69) is 30.9 Å². The lowest BCUT2D eigenvalue weighted by molar-refractivity contribution is -0.0203. The van der Waals surface area contributed by atoms with Gasteiger partial charge in [0.05, 0.1) is 12.0 Å². The number of nitrogens with zero attached hydrogens (tertiary/aromatic N) is 2. The Morgan fingerprint density at radius 3 is 2.74 bits per heavy atom. The largest absolute Gasteiger partial charge is 0.391 e. The van der Waals surface area contributed by atoms with Crippen LogP contribution in [0, 0.1) is 5.41 Å². The molecular formula is C13H22N2O3S. The minimum Gasteiger partial charge on any atom is -0.391 e. The maximum Gasteiger partial charge on any atom is 0.233 e. The average Bonchev–Trinajstić information content (AvgIpc) is 2.92. The molecular weight excluding hydrogens is 264 g/mol. The van der Waals surface area contributed by atoms with Crippen LogP contribution >= 0.6 is 11.8 Å². The molecule has 3 atom stereocenters. The fourth-order valence-electron chi connectivity index (χ4n) is 2.16. The number of ether oxygens (including phenoxy) is 1. The Balaban J connectivity index is 2.18. The molecule has 0 aliphatic carbocycles. The normalized spacial score (nSPS) is 25.7. The van der Waals surface area contributed by atoms with Gasteiger partial charge >= 0.3 is 0 Å². The SMILES string of the molecule is CCOC(c1noc(C2CSCC2O)n1)C(C)(C)C. The van der Waals surface area contributed by atoms with E-state index in [1.54, 1.807) is 11.8 Å². The lowest BCUT2D eigenvalue weighted by atomic mass is 9.88. The van der Waals surface area contributed by atoms with E-state index < -0.39 is 6.10 Å². The van der Waals surface area contributed by atoms with Gasteiger partial charge < -0.3 is 14.4 Å². The zero-order chi connectivity index (χ0) is 14.0. The van der Waals surface area contributed by atoms with Crippen molar-refractivity contribution in [1.29, 1.82) is 0 Å². The molecule has 0 aromatic carbocycles. The van der Waals surface area contributed by atoms with Crippen LogP contribution in [0.2, 0.25) is 0 Å². The van der Waals surface area contributed by atoms with E-state index >= 15 is 0 Å². The van der Waals surface area contributed by atoms with E-state index in [4.69, 9.17) is 9.26 Å². The topological polar surface area (TPSA) is 68.4 Å². The van der Waals surface area contributed by atoms with Gasteiger partial charge in [0.25, 0.3) is 0 Å². The highest BCUT2D eigenvalue weighted by molar-refractivity contribution is 7.99. The van der Waals surface area contributed by atoms with E-state index in [-0.39, 0.29) is 17.4 Å². The van der Waals surface area contributed by atoms with E-state index in [1.165, 1.54) is 0 Å². The van der Waals surface area contributed by atoms with Crippen molar-refractivity contribution in [2.24, 2.45) is 5.41 Å². The molecule has 108 valence electrons. The number of thioether (sulfide) groups is 1. The summed E-state index contributed by atoms with van der Waals surface area (Å²) in [5.41, 5.74) is -0.0970. The van der Waals surface area contributed by atoms with Gasteiger partial charge in [-0.1, -0.05) is 25.9 Å². The average molecular weight is 286 g/mol. The molecule has 2 rings (SSSR count). The summed E-state index contributed by atoms with van der Waals surface area (Å²) < 4.78 is 11.1. The summed E-state index contributed by atoms with van der Waals surface area (Å²) in [7, 11) is 0. The fourth-order valence-corrected chi connectivity index (χ4v) is 3.39. The molecule has 0 amide bonds. The second kappa shape index (κ2) is 5.81. The number of hydrogen-bond acceptors (Lipinski definition) is 6. The minimum absolute atomic E-state index is 0.0477. The van der Waals surface area contributed by atoms with Gasteiger partial charge in [-0.15, -0.1) is 0 Å². The summed E-state index contributed by atoms with van der Waals surface area (Å²) in [6.45, 7) is 8.82. The smallest absolute Gasteiger partial charge is 0.233 e. The highest BCUT2D eigenvalue weighted by atomic mass is 32.2. The number of aliphatic hydroxyl groups is 1. The van der Waals surface area contributed by atoms with E-state index in [0.717, 1.165) is 11.5 Å². The monoisotopic (exact) mass is 286 g/mol. The van der Waals surface area contributed by atoms with Crippen LogP contribution in [0.1, 0.15) is 51.4 Å². The molecule has 0 bridgehead atoms. The highest BCUT2D eigenvalue weighted by Gasteiger charge is 2.35. The van der Waals surface area contributed by atoms with Gasteiger partial charge in [-0.3, -0.25) is 0 Å². The number of aromatic nitrogens is 2. The van der Waals surface area contributed by atoms with Crippen LogP contribution in [0.4, 0.5) is 0 Å². The third-order valence-electron chi connectivity index (χ3n) is 3.18. The van der Waals surface area contributed by atoms with Gasteiger partial charge in [0.1, 0.15) is 6.10 Å². The van der Waals surface area contributed by atoms with E-state index in [0.29, 0.717) is 18.3 Å². The van der Waals surface area contributed by atoms with E-state index in [1.807, 2.05) is 6.92 Å². The third kappa shape index (κ3) is 3.30.